The van der Waals surface area contributed by atoms with Crippen molar-refractivity contribution in [3.63, 3.8) is 0 Å². The van der Waals surface area contributed by atoms with Crippen LogP contribution >= 0.6 is 0 Å². The molecule has 20 heavy (non-hydrogen) atoms. The Kier molecular flexibility index (Phi) is 3.93. The van der Waals surface area contributed by atoms with Crippen LogP contribution in [0.3, 0.4) is 0 Å². The molecule has 4 nitrogen and oxygen atoms in total. The topological polar surface area (TPSA) is 59.4 Å². The number of rotatable bonds is 5. The summed E-state index contributed by atoms with van der Waals surface area (Å²) >= 11 is 0. The van der Waals surface area contributed by atoms with Gasteiger partial charge in [-0.1, -0.05) is 30.3 Å². The predicted molar refractivity (Wildman–Crippen MR) is 67.0 cm³/mol. The summed E-state index contributed by atoms with van der Waals surface area (Å²) < 4.78 is 32.6. The lowest BCUT2D eigenvalue weighted by Gasteiger charge is -2.17. The highest BCUT2D eigenvalue weighted by Crippen LogP contribution is 2.28. The van der Waals surface area contributed by atoms with Gasteiger partial charge in [-0.3, -0.25) is 4.98 Å². The van der Waals surface area contributed by atoms with Crippen molar-refractivity contribution in [3.05, 3.63) is 59.9 Å². The third kappa shape index (κ3) is 3.28. The zero-order valence-corrected chi connectivity index (χ0v) is 10.3. The summed E-state index contributed by atoms with van der Waals surface area (Å²) in [6.07, 6.45) is 2.30. The molecule has 1 heterocycles. The highest BCUT2D eigenvalue weighted by Gasteiger charge is 2.32. The van der Waals surface area contributed by atoms with Gasteiger partial charge in [0.05, 0.1) is 11.8 Å². The second kappa shape index (κ2) is 5.64. The quantitative estimate of drug-likeness (QED) is 0.914. The van der Waals surface area contributed by atoms with Crippen molar-refractivity contribution >= 4 is 5.97 Å². The zero-order chi connectivity index (χ0) is 14.6. The predicted octanol–water partition coefficient (Wildman–Crippen LogP) is 2.95. The number of pyridine rings is 1. The fraction of sp³-hybridized carbons (Fsp3) is 0.143. The average molecular weight is 279 g/mol. The number of nitrogens with zero attached hydrogens (tertiary/aromatic N) is 1. The minimum absolute atomic E-state index is 0.0134. The van der Waals surface area contributed by atoms with Crippen molar-refractivity contribution in [1.29, 1.82) is 0 Å². The first-order valence-corrected chi connectivity index (χ1v) is 5.73. The SMILES string of the molecule is O=C(O)c1cncc(OCC(F)(F)c2ccccc2)c1. The van der Waals surface area contributed by atoms with Gasteiger partial charge in [-0.05, 0) is 6.07 Å². The van der Waals surface area contributed by atoms with Crippen molar-refractivity contribution in [1.82, 2.24) is 4.98 Å². The Balaban J connectivity index is 2.08. The van der Waals surface area contributed by atoms with E-state index in [0.29, 0.717) is 0 Å². The van der Waals surface area contributed by atoms with Crippen LogP contribution in [-0.4, -0.2) is 22.7 Å². The van der Waals surface area contributed by atoms with Crippen LogP contribution in [-0.2, 0) is 5.92 Å². The van der Waals surface area contributed by atoms with E-state index >= 15 is 0 Å². The molecular formula is C14H11F2NO3. The molecule has 6 heteroatoms. The maximum Gasteiger partial charge on any atom is 0.337 e. The van der Waals surface area contributed by atoms with Crippen LogP contribution in [0.2, 0.25) is 0 Å². The second-order valence-electron chi connectivity index (χ2n) is 4.07. The van der Waals surface area contributed by atoms with Gasteiger partial charge < -0.3 is 9.84 Å². The largest absolute Gasteiger partial charge is 0.485 e. The van der Waals surface area contributed by atoms with E-state index in [9.17, 15) is 13.6 Å². The molecule has 0 amide bonds. The smallest absolute Gasteiger partial charge is 0.337 e. The fourth-order valence-corrected chi connectivity index (χ4v) is 1.55. The van der Waals surface area contributed by atoms with Gasteiger partial charge in [0.2, 0.25) is 0 Å². The number of hydrogen-bond donors (Lipinski definition) is 1. The highest BCUT2D eigenvalue weighted by atomic mass is 19.3. The molecule has 0 spiro atoms. The Bertz CT molecular complexity index is 602. The van der Waals surface area contributed by atoms with Gasteiger partial charge in [-0.25, -0.2) is 4.79 Å². The first kappa shape index (κ1) is 13.9. The number of ether oxygens (including phenoxy) is 1. The fourth-order valence-electron chi connectivity index (χ4n) is 1.55. The van der Waals surface area contributed by atoms with Crippen LogP contribution < -0.4 is 4.74 Å². The molecule has 2 rings (SSSR count). The van der Waals surface area contributed by atoms with Crippen LogP contribution in [0, 0.1) is 0 Å². The van der Waals surface area contributed by atoms with E-state index in [2.05, 4.69) is 4.98 Å². The van der Waals surface area contributed by atoms with Gasteiger partial charge in [0, 0.05) is 11.8 Å². The van der Waals surface area contributed by atoms with Gasteiger partial charge >= 0.3 is 11.9 Å². The van der Waals surface area contributed by atoms with Crippen molar-refractivity contribution < 1.29 is 23.4 Å². The van der Waals surface area contributed by atoms with Gasteiger partial charge in [0.15, 0.2) is 6.61 Å². The summed E-state index contributed by atoms with van der Waals surface area (Å²) in [7, 11) is 0. The highest BCUT2D eigenvalue weighted by molar-refractivity contribution is 5.87. The second-order valence-corrected chi connectivity index (χ2v) is 4.07. The normalized spacial score (nSPS) is 11.1. The molecule has 0 saturated carbocycles. The number of carboxylic acids is 1. The molecular weight excluding hydrogens is 268 g/mol. The van der Waals surface area contributed by atoms with E-state index < -0.39 is 18.5 Å². The summed E-state index contributed by atoms with van der Waals surface area (Å²) in [6, 6.07) is 8.41. The standard InChI is InChI=1S/C14H11F2NO3/c15-14(16,11-4-2-1-3-5-11)9-20-12-6-10(13(18)19)7-17-8-12/h1-8H,9H2,(H,18,19). The molecule has 0 atom stereocenters. The molecule has 0 aliphatic carbocycles. The molecule has 0 saturated heterocycles. The van der Waals surface area contributed by atoms with Crippen LogP contribution in [0.1, 0.15) is 15.9 Å². The van der Waals surface area contributed by atoms with Gasteiger partial charge in [0.1, 0.15) is 5.75 Å². The Morgan fingerprint density at radius 3 is 2.60 bits per heavy atom. The molecule has 0 fully saturated rings. The Morgan fingerprint density at radius 1 is 1.25 bits per heavy atom. The lowest BCUT2D eigenvalue weighted by atomic mass is 10.1. The van der Waals surface area contributed by atoms with Crippen LogP contribution in [0.5, 0.6) is 5.75 Å². The van der Waals surface area contributed by atoms with Crippen molar-refractivity contribution in [2.24, 2.45) is 0 Å². The van der Waals surface area contributed by atoms with E-state index in [0.717, 1.165) is 12.3 Å². The molecule has 2 aromatic rings. The number of carbonyl (C=O) groups is 1. The van der Waals surface area contributed by atoms with E-state index in [1.54, 1.807) is 6.07 Å². The molecule has 1 N–H and O–H groups in total. The zero-order valence-electron chi connectivity index (χ0n) is 10.3. The van der Waals surface area contributed by atoms with Crippen molar-refractivity contribution in [2.45, 2.75) is 5.92 Å². The molecule has 1 aromatic heterocycles. The van der Waals surface area contributed by atoms with Gasteiger partial charge in [-0.15, -0.1) is 0 Å². The lowest BCUT2D eigenvalue weighted by Crippen LogP contribution is -2.23. The number of alkyl halides is 2. The van der Waals surface area contributed by atoms with Crippen molar-refractivity contribution in [3.8, 4) is 5.75 Å². The number of hydrogen-bond acceptors (Lipinski definition) is 3. The van der Waals surface area contributed by atoms with Crippen LogP contribution in [0.4, 0.5) is 8.78 Å². The number of benzene rings is 1. The lowest BCUT2D eigenvalue weighted by molar-refractivity contribution is -0.0468. The number of halogens is 2. The summed E-state index contributed by atoms with van der Waals surface area (Å²) in [4.78, 5) is 14.4. The summed E-state index contributed by atoms with van der Waals surface area (Å²) in [5.74, 6) is -4.38. The summed E-state index contributed by atoms with van der Waals surface area (Å²) in [6.45, 7) is -0.887. The van der Waals surface area contributed by atoms with Gasteiger partial charge in [0.25, 0.3) is 0 Å². The first-order chi connectivity index (χ1) is 9.49. The molecule has 1 aromatic carbocycles. The van der Waals surface area contributed by atoms with E-state index in [4.69, 9.17) is 9.84 Å². The molecule has 0 aliphatic rings. The minimum Gasteiger partial charge on any atom is -0.485 e. The monoisotopic (exact) mass is 279 g/mol. The van der Waals surface area contributed by atoms with E-state index in [1.165, 1.54) is 30.5 Å². The average Bonchev–Trinajstić information content (AvgIpc) is 2.46. The number of aromatic carboxylic acids is 1. The van der Waals surface area contributed by atoms with Gasteiger partial charge in [-0.2, -0.15) is 8.78 Å². The Hall–Kier alpha value is -2.50. The third-order valence-electron chi connectivity index (χ3n) is 2.58. The maximum absolute atomic E-state index is 13.8. The number of carboxylic acid groups (broad SMARTS) is 1. The molecule has 0 bridgehead atoms. The minimum atomic E-state index is -3.17. The third-order valence-corrected chi connectivity index (χ3v) is 2.58. The summed E-state index contributed by atoms with van der Waals surface area (Å²) in [5, 5.41) is 8.77. The van der Waals surface area contributed by atoms with E-state index in [-0.39, 0.29) is 16.9 Å². The molecule has 0 unspecified atom stereocenters. The van der Waals surface area contributed by atoms with Crippen molar-refractivity contribution in [2.75, 3.05) is 6.61 Å². The molecule has 104 valence electrons. The number of aromatic nitrogens is 1. The first-order valence-electron chi connectivity index (χ1n) is 5.73. The Morgan fingerprint density at radius 2 is 1.95 bits per heavy atom. The maximum atomic E-state index is 13.8. The Labute approximate surface area is 113 Å². The van der Waals surface area contributed by atoms with Crippen LogP contribution in [0.15, 0.2) is 48.8 Å². The van der Waals surface area contributed by atoms with Crippen LogP contribution in [0.25, 0.3) is 0 Å². The molecule has 0 aliphatic heterocycles. The van der Waals surface area contributed by atoms with E-state index in [1.807, 2.05) is 0 Å². The summed E-state index contributed by atoms with van der Waals surface area (Å²) in [5.41, 5.74) is -0.284. The molecule has 0 radical (unpaired) electrons.